The van der Waals surface area contributed by atoms with Gasteiger partial charge in [0.1, 0.15) is 11.5 Å². The van der Waals surface area contributed by atoms with E-state index in [1.807, 2.05) is 42.5 Å². The first-order valence-electron chi connectivity index (χ1n) is 8.03. The van der Waals surface area contributed by atoms with Crippen LogP contribution in [0.4, 0.5) is 5.69 Å². The van der Waals surface area contributed by atoms with Crippen LogP contribution in [0.1, 0.15) is 0 Å². The first-order valence-corrected chi connectivity index (χ1v) is 8.03. The molecule has 6 nitrogen and oxygen atoms in total. The molecule has 26 heavy (non-hydrogen) atoms. The Morgan fingerprint density at radius 2 is 1.46 bits per heavy atom. The number of hydrogen-bond donors (Lipinski definition) is 2. The highest BCUT2D eigenvalue weighted by Gasteiger charge is 2.05. The number of rotatable bonds is 7. The molecule has 0 atom stereocenters. The maximum Gasteiger partial charge on any atom is 0.262 e. The normalized spacial score (nSPS) is 10.3. The van der Waals surface area contributed by atoms with E-state index in [9.17, 15) is 9.59 Å². The number of nitrogens with two attached hydrogens (primary N) is 1. The van der Waals surface area contributed by atoms with E-state index in [-0.39, 0.29) is 19.1 Å². The van der Waals surface area contributed by atoms with Crippen molar-refractivity contribution < 1.29 is 19.1 Å². The molecule has 2 amide bonds. The van der Waals surface area contributed by atoms with Crippen molar-refractivity contribution in [2.75, 3.05) is 18.5 Å². The number of hydrogen-bond acceptors (Lipinski definition) is 4. The lowest BCUT2D eigenvalue weighted by atomic mass is 10.1. The summed E-state index contributed by atoms with van der Waals surface area (Å²) in [5.74, 6) is 0.306. The molecule has 0 unspecified atom stereocenters. The van der Waals surface area contributed by atoms with E-state index < -0.39 is 5.91 Å². The van der Waals surface area contributed by atoms with Crippen molar-refractivity contribution in [1.29, 1.82) is 0 Å². The molecule has 0 aliphatic heterocycles. The second-order valence-electron chi connectivity index (χ2n) is 5.63. The zero-order chi connectivity index (χ0) is 18.4. The Balaban J connectivity index is 1.52. The number of primary amides is 1. The second kappa shape index (κ2) is 8.02. The topological polar surface area (TPSA) is 90.7 Å². The Bertz CT molecular complexity index is 923. The molecule has 3 aromatic carbocycles. The number of nitrogens with one attached hydrogen (secondary N) is 1. The van der Waals surface area contributed by atoms with E-state index in [1.54, 1.807) is 24.3 Å². The fourth-order valence-corrected chi connectivity index (χ4v) is 2.39. The van der Waals surface area contributed by atoms with Gasteiger partial charge in [-0.1, -0.05) is 30.3 Å². The summed E-state index contributed by atoms with van der Waals surface area (Å²) in [6, 6.07) is 20.2. The molecule has 0 saturated heterocycles. The van der Waals surface area contributed by atoms with Crippen molar-refractivity contribution in [3.8, 4) is 11.5 Å². The molecule has 3 aromatic rings. The zero-order valence-electron chi connectivity index (χ0n) is 14.0. The van der Waals surface area contributed by atoms with E-state index >= 15 is 0 Å². The minimum atomic E-state index is -0.548. The summed E-state index contributed by atoms with van der Waals surface area (Å²) in [6.45, 7) is -0.288. The summed E-state index contributed by atoms with van der Waals surface area (Å²) < 4.78 is 10.7. The van der Waals surface area contributed by atoms with Crippen LogP contribution in [0.25, 0.3) is 10.8 Å². The molecule has 0 heterocycles. The van der Waals surface area contributed by atoms with Gasteiger partial charge < -0.3 is 20.5 Å². The van der Waals surface area contributed by atoms with Gasteiger partial charge in [-0.3, -0.25) is 9.59 Å². The van der Waals surface area contributed by atoms with Crippen LogP contribution < -0.4 is 20.5 Å². The molecular weight excluding hydrogens is 332 g/mol. The van der Waals surface area contributed by atoms with Gasteiger partial charge in [0.15, 0.2) is 13.2 Å². The molecule has 3 N–H and O–H groups in total. The van der Waals surface area contributed by atoms with Crippen molar-refractivity contribution in [2.24, 2.45) is 5.73 Å². The number of amides is 2. The maximum atomic E-state index is 12.0. The van der Waals surface area contributed by atoms with Crippen LogP contribution in [0, 0.1) is 0 Å². The highest BCUT2D eigenvalue weighted by molar-refractivity contribution is 5.92. The summed E-state index contributed by atoms with van der Waals surface area (Å²) >= 11 is 0. The summed E-state index contributed by atoms with van der Waals surface area (Å²) in [5.41, 5.74) is 5.61. The van der Waals surface area contributed by atoms with Gasteiger partial charge in [0.2, 0.25) is 0 Å². The predicted molar refractivity (Wildman–Crippen MR) is 99.2 cm³/mol. The molecule has 6 heteroatoms. The highest BCUT2D eigenvalue weighted by atomic mass is 16.5. The molecule has 0 fully saturated rings. The van der Waals surface area contributed by atoms with Crippen LogP contribution in [0.2, 0.25) is 0 Å². The van der Waals surface area contributed by atoms with Crippen molar-refractivity contribution >= 4 is 28.3 Å². The largest absolute Gasteiger partial charge is 0.484 e. The van der Waals surface area contributed by atoms with E-state index in [0.717, 1.165) is 10.8 Å². The van der Waals surface area contributed by atoms with E-state index in [4.69, 9.17) is 15.2 Å². The molecule has 0 saturated carbocycles. The van der Waals surface area contributed by atoms with Crippen molar-refractivity contribution in [2.45, 2.75) is 0 Å². The standard InChI is InChI=1S/C20H18N2O4/c21-19(23)12-25-17-9-6-16(7-10-17)22-20(24)13-26-18-8-5-14-3-1-2-4-15(14)11-18/h1-11H,12-13H2,(H2,21,23)(H,22,24). The van der Waals surface area contributed by atoms with Crippen LogP contribution >= 0.6 is 0 Å². The number of benzene rings is 3. The third-order valence-corrected chi connectivity index (χ3v) is 3.61. The predicted octanol–water partition coefficient (Wildman–Crippen LogP) is 2.72. The molecule has 3 rings (SSSR count). The molecular formula is C20H18N2O4. The van der Waals surface area contributed by atoms with Gasteiger partial charge in [-0.15, -0.1) is 0 Å². The van der Waals surface area contributed by atoms with Gasteiger partial charge in [-0.05, 0) is 47.2 Å². The zero-order valence-corrected chi connectivity index (χ0v) is 14.0. The number of ether oxygens (including phenoxy) is 2. The van der Waals surface area contributed by atoms with Crippen molar-refractivity contribution in [3.63, 3.8) is 0 Å². The molecule has 0 radical (unpaired) electrons. The molecule has 132 valence electrons. The van der Waals surface area contributed by atoms with E-state index in [0.29, 0.717) is 17.2 Å². The third-order valence-electron chi connectivity index (χ3n) is 3.61. The van der Waals surface area contributed by atoms with Gasteiger partial charge in [-0.25, -0.2) is 0 Å². The number of anilines is 1. The first kappa shape index (κ1) is 17.3. The molecule has 0 bridgehead atoms. The lowest BCUT2D eigenvalue weighted by Crippen LogP contribution is -2.20. The molecule has 0 aliphatic carbocycles. The Morgan fingerprint density at radius 1 is 0.808 bits per heavy atom. The fraction of sp³-hybridized carbons (Fsp3) is 0.100. The highest BCUT2D eigenvalue weighted by Crippen LogP contribution is 2.20. The lowest BCUT2D eigenvalue weighted by molar-refractivity contribution is -0.120. The summed E-state index contributed by atoms with van der Waals surface area (Å²) in [4.78, 5) is 22.7. The first-order chi connectivity index (χ1) is 12.6. The average molecular weight is 350 g/mol. The quantitative estimate of drug-likeness (QED) is 0.685. The van der Waals surface area contributed by atoms with Gasteiger partial charge in [0, 0.05) is 5.69 Å². The Labute approximate surface area is 150 Å². The Kier molecular flexibility index (Phi) is 5.34. The van der Waals surface area contributed by atoms with Crippen LogP contribution in [0.15, 0.2) is 66.7 Å². The SMILES string of the molecule is NC(=O)COc1ccc(NC(=O)COc2ccc3ccccc3c2)cc1. The minimum Gasteiger partial charge on any atom is -0.484 e. The second-order valence-corrected chi connectivity index (χ2v) is 5.63. The Morgan fingerprint density at radius 3 is 2.19 bits per heavy atom. The van der Waals surface area contributed by atoms with Crippen LogP contribution in [0.5, 0.6) is 11.5 Å². The van der Waals surface area contributed by atoms with Gasteiger partial charge in [0.25, 0.3) is 11.8 Å². The summed E-state index contributed by atoms with van der Waals surface area (Å²) in [7, 11) is 0. The lowest BCUT2D eigenvalue weighted by Gasteiger charge is -2.09. The van der Waals surface area contributed by atoms with E-state index in [2.05, 4.69) is 5.32 Å². The monoisotopic (exact) mass is 350 g/mol. The van der Waals surface area contributed by atoms with Gasteiger partial charge in [-0.2, -0.15) is 0 Å². The number of fused-ring (bicyclic) bond motifs is 1. The fourth-order valence-electron chi connectivity index (χ4n) is 2.39. The minimum absolute atomic E-state index is 0.0989. The van der Waals surface area contributed by atoms with Crippen LogP contribution in [-0.2, 0) is 9.59 Å². The van der Waals surface area contributed by atoms with Crippen molar-refractivity contribution in [3.05, 3.63) is 66.7 Å². The van der Waals surface area contributed by atoms with Crippen LogP contribution in [0.3, 0.4) is 0 Å². The summed E-state index contributed by atoms with van der Waals surface area (Å²) in [6.07, 6.45) is 0. The molecule has 0 spiro atoms. The number of carbonyl (C=O) groups is 2. The Hall–Kier alpha value is -3.54. The molecule has 0 aromatic heterocycles. The van der Waals surface area contributed by atoms with Gasteiger partial charge >= 0.3 is 0 Å². The average Bonchev–Trinajstić information content (AvgIpc) is 2.65. The third kappa shape index (κ3) is 4.73. The van der Waals surface area contributed by atoms with Crippen LogP contribution in [-0.4, -0.2) is 25.0 Å². The maximum absolute atomic E-state index is 12.0. The van der Waals surface area contributed by atoms with Gasteiger partial charge in [0.05, 0.1) is 0 Å². The molecule has 0 aliphatic rings. The smallest absolute Gasteiger partial charge is 0.262 e. The number of carbonyl (C=O) groups excluding carboxylic acids is 2. The summed E-state index contributed by atoms with van der Waals surface area (Å²) in [5, 5.41) is 4.90. The van der Waals surface area contributed by atoms with Crippen molar-refractivity contribution in [1.82, 2.24) is 0 Å². The van der Waals surface area contributed by atoms with E-state index in [1.165, 1.54) is 0 Å².